The Bertz CT molecular complexity index is 547. The molecule has 0 fully saturated rings. The van der Waals surface area contributed by atoms with Gasteiger partial charge in [-0.1, -0.05) is 23.2 Å². The van der Waals surface area contributed by atoms with Crippen LogP contribution < -0.4 is 4.90 Å². The van der Waals surface area contributed by atoms with Crippen LogP contribution in [0.2, 0.25) is 10.2 Å². The summed E-state index contributed by atoms with van der Waals surface area (Å²) in [5.74, 6) is -0.939. The molecule has 0 bridgehead atoms. The SMILES string of the molecule is CN1CN(c2nc(Cl)c(Cl)cc2F)C=CC1C(F)(F)F. The maximum atomic E-state index is 13.8. The first kappa shape index (κ1) is 15.3. The van der Waals surface area contributed by atoms with Gasteiger partial charge in [-0.15, -0.1) is 0 Å². The van der Waals surface area contributed by atoms with Crippen molar-refractivity contribution in [3.63, 3.8) is 0 Å². The van der Waals surface area contributed by atoms with E-state index in [0.717, 1.165) is 23.2 Å². The molecule has 1 unspecified atom stereocenters. The Morgan fingerprint density at radius 2 is 2.00 bits per heavy atom. The van der Waals surface area contributed by atoms with Gasteiger partial charge in [-0.2, -0.15) is 13.2 Å². The number of hydrogen-bond donors (Lipinski definition) is 0. The number of hydrogen-bond acceptors (Lipinski definition) is 3. The first-order valence-corrected chi connectivity index (χ1v) is 6.19. The van der Waals surface area contributed by atoms with E-state index in [1.54, 1.807) is 0 Å². The van der Waals surface area contributed by atoms with E-state index in [1.165, 1.54) is 11.9 Å². The van der Waals surface area contributed by atoms with E-state index in [2.05, 4.69) is 4.98 Å². The summed E-state index contributed by atoms with van der Waals surface area (Å²) in [7, 11) is 1.28. The van der Waals surface area contributed by atoms with Gasteiger partial charge >= 0.3 is 6.18 Å². The van der Waals surface area contributed by atoms with Crippen molar-refractivity contribution >= 4 is 29.0 Å². The summed E-state index contributed by atoms with van der Waals surface area (Å²) in [5.41, 5.74) is 0. The van der Waals surface area contributed by atoms with Gasteiger partial charge in [0, 0.05) is 6.20 Å². The Hall–Kier alpha value is -1.05. The standard InChI is InChI=1S/C11H9Cl2F4N3/c1-19-5-20(3-2-8(19)11(15,16)17)10-7(14)4-6(12)9(13)18-10/h2-4,8H,5H2,1H3. The molecular formula is C11H9Cl2F4N3. The second kappa shape index (κ2) is 5.38. The maximum absolute atomic E-state index is 13.8. The zero-order chi connectivity index (χ0) is 15.1. The zero-order valence-corrected chi connectivity index (χ0v) is 11.6. The van der Waals surface area contributed by atoms with Gasteiger partial charge in [0.05, 0.1) is 11.7 Å². The van der Waals surface area contributed by atoms with Crippen LogP contribution in [0.4, 0.5) is 23.4 Å². The number of alkyl halides is 3. The first-order valence-electron chi connectivity index (χ1n) is 5.43. The van der Waals surface area contributed by atoms with Gasteiger partial charge < -0.3 is 4.90 Å². The Kier molecular flexibility index (Phi) is 4.13. The predicted molar refractivity (Wildman–Crippen MR) is 68.3 cm³/mol. The fourth-order valence-electron chi connectivity index (χ4n) is 1.84. The molecule has 0 saturated heterocycles. The smallest absolute Gasteiger partial charge is 0.317 e. The third-order valence-corrected chi connectivity index (χ3v) is 3.45. The Morgan fingerprint density at radius 3 is 2.55 bits per heavy atom. The van der Waals surface area contributed by atoms with Gasteiger partial charge in [-0.05, 0) is 19.2 Å². The van der Waals surface area contributed by atoms with Crippen molar-refractivity contribution in [2.24, 2.45) is 0 Å². The van der Waals surface area contributed by atoms with Crippen LogP contribution >= 0.6 is 23.2 Å². The average Bonchev–Trinajstić information content (AvgIpc) is 2.32. The summed E-state index contributed by atoms with van der Waals surface area (Å²) in [6.45, 7) is -0.178. The highest BCUT2D eigenvalue weighted by molar-refractivity contribution is 6.41. The van der Waals surface area contributed by atoms with Crippen LogP contribution in [0.5, 0.6) is 0 Å². The molecule has 1 aliphatic heterocycles. The largest absolute Gasteiger partial charge is 0.407 e. The van der Waals surface area contributed by atoms with Crippen molar-refractivity contribution in [1.29, 1.82) is 0 Å². The van der Waals surface area contributed by atoms with Crippen molar-refractivity contribution in [3.8, 4) is 0 Å². The van der Waals surface area contributed by atoms with Crippen LogP contribution in [-0.2, 0) is 0 Å². The molecule has 1 atom stereocenters. The van der Waals surface area contributed by atoms with Crippen LogP contribution in [0, 0.1) is 5.82 Å². The van der Waals surface area contributed by atoms with E-state index in [9.17, 15) is 17.6 Å². The van der Waals surface area contributed by atoms with Gasteiger partial charge in [0.2, 0.25) is 0 Å². The van der Waals surface area contributed by atoms with Crippen molar-refractivity contribution in [2.45, 2.75) is 12.2 Å². The second-order valence-electron chi connectivity index (χ2n) is 4.26. The van der Waals surface area contributed by atoms with E-state index in [1.807, 2.05) is 0 Å². The molecule has 3 nitrogen and oxygen atoms in total. The highest BCUT2D eigenvalue weighted by Gasteiger charge is 2.42. The lowest BCUT2D eigenvalue weighted by molar-refractivity contribution is -0.167. The monoisotopic (exact) mass is 329 g/mol. The number of rotatable bonds is 1. The van der Waals surface area contributed by atoms with Gasteiger partial charge in [0.1, 0.15) is 11.2 Å². The minimum atomic E-state index is -4.39. The van der Waals surface area contributed by atoms with Crippen LogP contribution in [0.15, 0.2) is 18.3 Å². The van der Waals surface area contributed by atoms with E-state index >= 15 is 0 Å². The van der Waals surface area contributed by atoms with Crippen molar-refractivity contribution in [2.75, 3.05) is 18.6 Å². The van der Waals surface area contributed by atoms with Crippen LogP contribution in [0.1, 0.15) is 0 Å². The molecular weight excluding hydrogens is 321 g/mol. The van der Waals surface area contributed by atoms with Crippen LogP contribution in [-0.4, -0.2) is 35.8 Å². The van der Waals surface area contributed by atoms with E-state index < -0.39 is 18.0 Å². The quantitative estimate of drug-likeness (QED) is 0.578. The summed E-state index contributed by atoms with van der Waals surface area (Å²) in [4.78, 5) is 5.98. The Balaban J connectivity index is 2.31. The van der Waals surface area contributed by atoms with Crippen molar-refractivity contribution in [1.82, 2.24) is 9.88 Å². The lowest BCUT2D eigenvalue weighted by Gasteiger charge is -2.36. The molecule has 0 spiro atoms. The normalized spacial score (nSPS) is 20.6. The number of likely N-dealkylation sites (N-methyl/N-ethyl adjacent to an activating group) is 1. The minimum absolute atomic E-state index is 0.0598. The van der Waals surface area contributed by atoms with Gasteiger partial charge in [0.25, 0.3) is 0 Å². The lowest BCUT2D eigenvalue weighted by Crippen LogP contribution is -2.49. The van der Waals surface area contributed by atoms with Crippen molar-refractivity contribution < 1.29 is 17.6 Å². The predicted octanol–water partition coefficient (Wildman–Crippen LogP) is 3.68. The van der Waals surface area contributed by atoms with Crippen LogP contribution in [0.25, 0.3) is 0 Å². The number of anilines is 1. The summed E-state index contributed by atoms with van der Waals surface area (Å²) in [5, 5.41) is -0.174. The topological polar surface area (TPSA) is 19.4 Å². The molecule has 0 saturated carbocycles. The molecule has 1 aromatic heterocycles. The fraction of sp³-hybridized carbons (Fsp3) is 0.364. The van der Waals surface area contributed by atoms with Crippen molar-refractivity contribution in [3.05, 3.63) is 34.3 Å². The molecule has 0 N–H and O–H groups in total. The van der Waals surface area contributed by atoms with Gasteiger partial charge in [-0.3, -0.25) is 4.90 Å². The summed E-state index contributed by atoms with van der Waals surface area (Å²) in [6, 6.07) is -0.750. The third-order valence-electron chi connectivity index (χ3n) is 2.77. The minimum Gasteiger partial charge on any atom is -0.317 e. The Labute approximate surface area is 122 Å². The average molecular weight is 330 g/mol. The summed E-state index contributed by atoms with van der Waals surface area (Å²) >= 11 is 11.3. The molecule has 110 valence electrons. The second-order valence-corrected chi connectivity index (χ2v) is 5.03. The molecule has 0 aromatic carbocycles. The maximum Gasteiger partial charge on any atom is 0.407 e. The Morgan fingerprint density at radius 1 is 1.35 bits per heavy atom. The zero-order valence-electron chi connectivity index (χ0n) is 10.1. The highest BCUT2D eigenvalue weighted by atomic mass is 35.5. The first-order chi connectivity index (χ1) is 9.20. The fourth-order valence-corrected chi connectivity index (χ4v) is 2.11. The van der Waals surface area contributed by atoms with E-state index in [4.69, 9.17) is 23.2 Å². The molecule has 0 amide bonds. The highest BCUT2D eigenvalue weighted by Crippen LogP contribution is 2.31. The molecule has 1 aromatic rings. The number of nitrogens with zero attached hydrogens (tertiary/aromatic N) is 3. The van der Waals surface area contributed by atoms with E-state index in [0.29, 0.717) is 0 Å². The molecule has 1 aliphatic rings. The number of aromatic nitrogens is 1. The third kappa shape index (κ3) is 2.99. The van der Waals surface area contributed by atoms with Crippen LogP contribution in [0.3, 0.4) is 0 Å². The van der Waals surface area contributed by atoms with Gasteiger partial charge in [-0.25, -0.2) is 9.37 Å². The molecule has 9 heteroatoms. The molecule has 20 heavy (non-hydrogen) atoms. The van der Waals surface area contributed by atoms with E-state index in [-0.39, 0.29) is 22.7 Å². The van der Waals surface area contributed by atoms with Gasteiger partial charge in [0.15, 0.2) is 11.6 Å². The molecule has 0 aliphatic carbocycles. The molecule has 2 rings (SSSR count). The molecule has 0 radical (unpaired) electrons. The number of pyridine rings is 1. The number of halogens is 6. The summed E-state index contributed by atoms with van der Waals surface area (Å²) in [6.07, 6.45) is -2.33. The molecule has 2 heterocycles. The lowest BCUT2D eigenvalue weighted by atomic mass is 10.2. The summed E-state index contributed by atoms with van der Waals surface area (Å²) < 4.78 is 51.8.